The van der Waals surface area contributed by atoms with Crippen molar-refractivity contribution < 1.29 is 4.79 Å². The Morgan fingerprint density at radius 1 is 1.38 bits per heavy atom. The summed E-state index contributed by atoms with van der Waals surface area (Å²) in [6.45, 7) is 0. The van der Waals surface area contributed by atoms with E-state index in [-0.39, 0.29) is 6.04 Å². The van der Waals surface area contributed by atoms with E-state index in [0.29, 0.717) is 5.03 Å². The van der Waals surface area contributed by atoms with Crippen LogP contribution in [-0.4, -0.2) is 6.29 Å². The molecule has 66 valence electrons. The van der Waals surface area contributed by atoms with E-state index in [9.17, 15) is 4.79 Å². The highest BCUT2D eigenvalue weighted by Crippen LogP contribution is 2.29. The fourth-order valence-electron chi connectivity index (χ4n) is 1.43. The quantitative estimate of drug-likeness (QED) is 0.692. The van der Waals surface area contributed by atoms with Gasteiger partial charge in [-0.25, -0.2) is 0 Å². The van der Waals surface area contributed by atoms with Crippen LogP contribution in [0.2, 0.25) is 0 Å². The summed E-state index contributed by atoms with van der Waals surface area (Å²) in [6.07, 6.45) is 2.53. The number of fused-ring (bicyclic) bond motifs is 1. The Balaban J connectivity index is 2.56. The van der Waals surface area contributed by atoms with Gasteiger partial charge in [-0.3, -0.25) is 0 Å². The molecule has 0 aromatic heterocycles. The van der Waals surface area contributed by atoms with Crippen molar-refractivity contribution in [2.45, 2.75) is 6.04 Å². The molecular formula is C10H8ClNO. The Labute approximate surface area is 81.2 Å². The molecule has 0 aliphatic carbocycles. The van der Waals surface area contributed by atoms with Crippen molar-refractivity contribution in [3.8, 4) is 0 Å². The molecule has 0 saturated heterocycles. The van der Waals surface area contributed by atoms with E-state index in [2.05, 4.69) is 5.32 Å². The number of aldehydes is 1. The topological polar surface area (TPSA) is 29.1 Å². The number of hydrogen-bond donors (Lipinski definition) is 1. The lowest BCUT2D eigenvalue weighted by Crippen LogP contribution is -2.21. The molecule has 0 fully saturated rings. The summed E-state index contributed by atoms with van der Waals surface area (Å²) >= 11 is 5.95. The van der Waals surface area contributed by atoms with Crippen LogP contribution in [0.5, 0.6) is 0 Å². The lowest BCUT2D eigenvalue weighted by Gasteiger charge is -2.20. The zero-order chi connectivity index (χ0) is 9.26. The van der Waals surface area contributed by atoms with E-state index in [4.69, 9.17) is 11.6 Å². The lowest BCUT2D eigenvalue weighted by atomic mass is 9.99. The van der Waals surface area contributed by atoms with E-state index in [1.165, 1.54) is 0 Å². The summed E-state index contributed by atoms with van der Waals surface area (Å²) in [6, 6.07) is 7.34. The van der Waals surface area contributed by atoms with Gasteiger partial charge in [-0.2, -0.15) is 0 Å². The summed E-state index contributed by atoms with van der Waals surface area (Å²) in [4.78, 5) is 10.7. The van der Waals surface area contributed by atoms with Crippen molar-refractivity contribution in [1.82, 2.24) is 5.32 Å². The van der Waals surface area contributed by atoms with Crippen molar-refractivity contribution in [2.75, 3.05) is 0 Å². The number of benzene rings is 1. The average Bonchev–Trinajstić information content (AvgIpc) is 2.19. The molecule has 1 aliphatic heterocycles. The van der Waals surface area contributed by atoms with Gasteiger partial charge in [-0.05, 0) is 5.56 Å². The molecule has 1 aliphatic rings. The molecule has 0 spiro atoms. The molecule has 2 rings (SSSR count). The van der Waals surface area contributed by atoms with Gasteiger partial charge in [-0.1, -0.05) is 35.9 Å². The Hall–Kier alpha value is -1.28. The number of halogens is 1. The van der Waals surface area contributed by atoms with Gasteiger partial charge in [-0.15, -0.1) is 0 Å². The third-order valence-corrected chi connectivity index (χ3v) is 2.39. The first-order valence-electron chi connectivity index (χ1n) is 3.99. The normalized spacial score (nSPS) is 19.8. The van der Waals surface area contributed by atoms with E-state index in [1.54, 1.807) is 6.20 Å². The van der Waals surface area contributed by atoms with Crippen LogP contribution < -0.4 is 5.32 Å². The van der Waals surface area contributed by atoms with E-state index in [1.807, 2.05) is 24.3 Å². The zero-order valence-corrected chi connectivity index (χ0v) is 7.58. The van der Waals surface area contributed by atoms with Gasteiger partial charge in [0.25, 0.3) is 0 Å². The number of carbonyl (C=O) groups excluding carboxylic acids is 1. The summed E-state index contributed by atoms with van der Waals surface area (Å²) < 4.78 is 0. The van der Waals surface area contributed by atoms with Crippen LogP contribution in [0, 0.1) is 0 Å². The van der Waals surface area contributed by atoms with E-state index in [0.717, 1.165) is 17.4 Å². The minimum absolute atomic E-state index is 0.265. The molecule has 13 heavy (non-hydrogen) atoms. The van der Waals surface area contributed by atoms with Gasteiger partial charge < -0.3 is 10.1 Å². The van der Waals surface area contributed by atoms with E-state index >= 15 is 0 Å². The highest BCUT2D eigenvalue weighted by Gasteiger charge is 2.18. The third kappa shape index (κ3) is 1.33. The molecule has 1 atom stereocenters. The minimum atomic E-state index is -0.265. The molecule has 1 N–H and O–H groups in total. The van der Waals surface area contributed by atoms with Crippen LogP contribution >= 0.6 is 11.6 Å². The van der Waals surface area contributed by atoms with Crippen molar-refractivity contribution in [1.29, 1.82) is 0 Å². The molecule has 0 bridgehead atoms. The van der Waals surface area contributed by atoms with Crippen molar-refractivity contribution in [2.24, 2.45) is 0 Å². The third-order valence-electron chi connectivity index (χ3n) is 2.08. The van der Waals surface area contributed by atoms with Gasteiger partial charge in [0.1, 0.15) is 12.3 Å². The first kappa shape index (κ1) is 8.32. The van der Waals surface area contributed by atoms with Crippen LogP contribution in [0.1, 0.15) is 17.2 Å². The Morgan fingerprint density at radius 2 is 2.15 bits per heavy atom. The predicted molar refractivity (Wildman–Crippen MR) is 52.2 cm³/mol. The molecule has 0 saturated carbocycles. The zero-order valence-electron chi connectivity index (χ0n) is 6.83. The number of carbonyl (C=O) groups is 1. The second-order valence-electron chi connectivity index (χ2n) is 2.86. The van der Waals surface area contributed by atoms with Crippen LogP contribution in [0.15, 0.2) is 30.5 Å². The summed E-state index contributed by atoms with van der Waals surface area (Å²) in [7, 11) is 0. The largest absolute Gasteiger partial charge is 0.377 e. The minimum Gasteiger partial charge on any atom is -0.377 e. The monoisotopic (exact) mass is 193 g/mol. The molecular weight excluding hydrogens is 186 g/mol. The van der Waals surface area contributed by atoms with Gasteiger partial charge in [0.15, 0.2) is 0 Å². The maximum Gasteiger partial charge on any atom is 0.146 e. The van der Waals surface area contributed by atoms with Crippen LogP contribution in [0.3, 0.4) is 0 Å². The highest BCUT2D eigenvalue weighted by molar-refractivity contribution is 6.49. The second-order valence-corrected chi connectivity index (χ2v) is 3.27. The molecule has 2 nitrogen and oxygen atoms in total. The van der Waals surface area contributed by atoms with Gasteiger partial charge in [0.2, 0.25) is 0 Å². The molecule has 0 amide bonds. The van der Waals surface area contributed by atoms with Crippen molar-refractivity contribution >= 4 is 22.9 Å². The maximum absolute atomic E-state index is 10.7. The summed E-state index contributed by atoms with van der Waals surface area (Å²) in [5.41, 5.74) is 1.87. The van der Waals surface area contributed by atoms with Gasteiger partial charge in [0.05, 0.1) is 5.03 Å². The SMILES string of the molecule is O=CC1NC=C(Cl)c2ccccc21. The highest BCUT2D eigenvalue weighted by atomic mass is 35.5. The molecule has 1 aromatic carbocycles. The fourth-order valence-corrected chi connectivity index (χ4v) is 1.66. The molecule has 1 unspecified atom stereocenters. The predicted octanol–water partition coefficient (Wildman–Crippen LogP) is 2.07. The summed E-state index contributed by atoms with van der Waals surface area (Å²) in [5, 5.41) is 3.56. The molecule has 0 radical (unpaired) electrons. The first-order chi connectivity index (χ1) is 6.33. The fraction of sp³-hybridized carbons (Fsp3) is 0.100. The smallest absolute Gasteiger partial charge is 0.146 e. The van der Waals surface area contributed by atoms with Crippen LogP contribution in [0.4, 0.5) is 0 Å². The van der Waals surface area contributed by atoms with Crippen molar-refractivity contribution in [3.05, 3.63) is 41.6 Å². The number of rotatable bonds is 1. The molecule has 1 heterocycles. The Kier molecular flexibility index (Phi) is 2.07. The van der Waals surface area contributed by atoms with Crippen molar-refractivity contribution in [3.63, 3.8) is 0 Å². The summed E-state index contributed by atoms with van der Waals surface area (Å²) in [5.74, 6) is 0. The standard InChI is InChI=1S/C10H8ClNO/c11-9-5-12-10(6-13)8-4-2-1-3-7(8)9/h1-6,10,12H. The van der Waals surface area contributed by atoms with Crippen LogP contribution in [-0.2, 0) is 4.79 Å². The molecule has 3 heteroatoms. The molecule has 1 aromatic rings. The first-order valence-corrected chi connectivity index (χ1v) is 4.37. The van der Waals surface area contributed by atoms with Gasteiger partial charge in [0, 0.05) is 11.8 Å². The number of nitrogens with one attached hydrogen (secondary N) is 1. The Morgan fingerprint density at radius 3 is 2.92 bits per heavy atom. The lowest BCUT2D eigenvalue weighted by molar-refractivity contribution is -0.109. The van der Waals surface area contributed by atoms with Gasteiger partial charge >= 0.3 is 0 Å². The maximum atomic E-state index is 10.7. The van der Waals surface area contributed by atoms with Crippen LogP contribution in [0.25, 0.3) is 5.03 Å². The second kappa shape index (κ2) is 3.23. The number of hydrogen-bond acceptors (Lipinski definition) is 2. The van der Waals surface area contributed by atoms with E-state index < -0.39 is 0 Å². The Bertz CT molecular complexity index is 373. The average molecular weight is 194 g/mol.